The van der Waals surface area contributed by atoms with Crippen molar-refractivity contribution in [2.45, 2.75) is 26.8 Å². The van der Waals surface area contributed by atoms with Crippen LogP contribution < -0.4 is 4.74 Å². The van der Waals surface area contributed by atoms with Crippen LogP contribution in [0.1, 0.15) is 18.3 Å². The molecule has 4 nitrogen and oxygen atoms in total. The smallest absolute Gasteiger partial charge is 0.195 e. The Bertz CT molecular complexity index is 574. The zero-order chi connectivity index (χ0) is 13.0. The van der Waals surface area contributed by atoms with Crippen LogP contribution in [0.3, 0.4) is 0 Å². The number of ether oxygens (including phenoxy) is 1. The third-order valence-corrected chi connectivity index (χ3v) is 3.05. The summed E-state index contributed by atoms with van der Waals surface area (Å²) in [6.45, 7) is 5.53. The number of aromatic nitrogens is 3. The molecule has 1 N–H and O–H groups in total. The minimum absolute atomic E-state index is 0.600. The van der Waals surface area contributed by atoms with Gasteiger partial charge in [0.15, 0.2) is 4.77 Å². The van der Waals surface area contributed by atoms with Crippen molar-refractivity contribution < 1.29 is 4.74 Å². The normalized spacial score (nSPS) is 10.6. The predicted octanol–water partition coefficient (Wildman–Crippen LogP) is 2.89. The summed E-state index contributed by atoms with van der Waals surface area (Å²) in [5, 5.41) is 7.01. The Kier molecular flexibility index (Phi) is 4.15. The highest BCUT2D eigenvalue weighted by Crippen LogP contribution is 2.12. The Hall–Kier alpha value is -1.62. The first-order chi connectivity index (χ1) is 8.70. The van der Waals surface area contributed by atoms with Gasteiger partial charge < -0.3 is 9.30 Å². The van der Waals surface area contributed by atoms with Crippen LogP contribution in [-0.4, -0.2) is 21.4 Å². The third-order valence-electron chi connectivity index (χ3n) is 2.74. The quantitative estimate of drug-likeness (QED) is 0.843. The average molecular weight is 263 g/mol. The number of H-pyrrole nitrogens is 1. The highest BCUT2D eigenvalue weighted by molar-refractivity contribution is 7.71. The van der Waals surface area contributed by atoms with E-state index in [1.807, 2.05) is 22.8 Å². The van der Waals surface area contributed by atoms with E-state index < -0.39 is 0 Å². The fourth-order valence-electron chi connectivity index (χ4n) is 1.83. The van der Waals surface area contributed by atoms with Gasteiger partial charge in [-0.25, -0.2) is 0 Å². The van der Waals surface area contributed by atoms with Crippen molar-refractivity contribution in [2.75, 3.05) is 6.61 Å². The summed E-state index contributed by atoms with van der Waals surface area (Å²) in [6.07, 6.45) is 0.745. The number of nitrogens with one attached hydrogen (secondary N) is 1. The van der Waals surface area contributed by atoms with Crippen molar-refractivity contribution >= 4 is 12.2 Å². The van der Waals surface area contributed by atoms with Gasteiger partial charge in [0.2, 0.25) is 0 Å². The van der Waals surface area contributed by atoms with Gasteiger partial charge in [0.05, 0.1) is 6.61 Å². The van der Waals surface area contributed by atoms with Crippen LogP contribution in [-0.2, 0) is 13.0 Å². The fraction of sp³-hybridized carbons (Fsp3) is 0.385. The van der Waals surface area contributed by atoms with Crippen molar-refractivity contribution in [3.05, 3.63) is 40.4 Å². The lowest BCUT2D eigenvalue weighted by Crippen LogP contribution is -2.08. The van der Waals surface area contributed by atoms with Gasteiger partial charge >= 0.3 is 0 Å². The molecule has 1 aromatic heterocycles. The van der Waals surface area contributed by atoms with E-state index in [9.17, 15) is 0 Å². The number of rotatable bonds is 5. The monoisotopic (exact) mass is 263 g/mol. The molecule has 0 saturated carbocycles. The maximum atomic E-state index is 5.70. The largest absolute Gasteiger partial charge is 0.493 e. The highest BCUT2D eigenvalue weighted by atomic mass is 32.1. The number of hydrogen-bond acceptors (Lipinski definition) is 3. The van der Waals surface area contributed by atoms with Gasteiger partial charge in [0.1, 0.15) is 11.6 Å². The zero-order valence-electron chi connectivity index (χ0n) is 10.6. The van der Waals surface area contributed by atoms with E-state index in [2.05, 4.69) is 30.1 Å². The second kappa shape index (κ2) is 5.82. The summed E-state index contributed by atoms with van der Waals surface area (Å²) < 4.78 is 8.35. The van der Waals surface area contributed by atoms with E-state index in [0.717, 1.165) is 24.5 Å². The molecule has 0 radical (unpaired) electrons. The van der Waals surface area contributed by atoms with E-state index in [1.165, 1.54) is 5.56 Å². The van der Waals surface area contributed by atoms with Crippen LogP contribution in [0.25, 0.3) is 0 Å². The molecule has 0 saturated heterocycles. The number of benzene rings is 1. The van der Waals surface area contributed by atoms with Crippen molar-refractivity contribution in [2.24, 2.45) is 0 Å². The van der Waals surface area contributed by atoms with E-state index in [1.54, 1.807) is 0 Å². The molecule has 0 aliphatic rings. The van der Waals surface area contributed by atoms with Crippen molar-refractivity contribution in [1.82, 2.24) is 14.8 Å². The third kappa shape index (κ3) is 2.98. The highest BCUT2D eigenvalue weighted by Gasteiger charge is 2.04. The first-order valence-corrected chi connectivity index (χ1v) is 6.45. The van der Waals surface area contributed by atoms with Gasteiger partial charge in [0, 0.05) is 13.0 Å². The molecule has 5 heteroatoms. The Balaban J connectivity index is 1.94. The molecule has 0 spiro atoms. The SMILES string of the molecule is CCn1c(CCOc2cccc(C)c2)n[nH]c1=S. The lowest BCUT2D eigenvalue weighted by atomic mass is 10.2. The summed E-state index contributed by atoms with van der Waals surface area (Å²) >= 11 is 5.14. The molecule has 1 heterocycles. The molecule has 0 bridgehead atoms. The summed E-state index contributed by atoms with van der Waals surface area (Å²) in [4.78, 5) is 0. The number of hydrogen-bond donors (Lipinski definition) is 1. The van der Waals surface area contributed by atoms with Crippen LogP contribution >= 0.6 is 12.2 Å². The molecule has 0 fully saturated rings. The van der Waals surface area contributed by atoms with Crippen molar-refractivity contribution in [1.29, 1.82) is 0 Å². The second-order valence-electron chi connectivity index (χ2n) is 4.10. The first kappa shape index (κ1) is 12.8. The summed E-state index contributed by atoms with van der Waals surface area (Å²) in [7, 11) is 0. The van der Waals surface area contributed by atoms with Gasteiger partial charge in [-0.1, -0.05) is 12.1 Å². The second-order valence-corrected chi connectivity index (χ2v) is 4.49. The molecule has 0 unspecified atom stereocenters. The molecule has 1 aromatic carbocycles. The molecule has 2 rings (SSSR count). The maximum absolute atomic E-state index is 5.70. The molecule has 96 valence electrons. The van der Waals surface area contributed by atoms with E-state index in [-0.39, 0.29) is 0 Å². The van der Waals surface area contributed by atoms with Crippen LogP contribution in [0.15, 0.2) is 24.3 Å². The van der Waals surface area contributed by atoms with E-state index in [0.29, 0.717) is 11.4 Å². The Morgan fingerprint density at radius 3 is 3.00 bits per heavy atom. The van der Waals surface area contributed by atoms with Gasteiger partial charge in [-0.3, -0.25) is 5.10 Å². The average Bonchev–Trinajstić information content (AvgIpc) is 2.70. The van der Waals surface area contributed by atoms with Crippen molar-refractivity contribution in [3.8, 4) is 5.75 Å². The predicted molar refractivity (Wildman–Crippen MR) is 73.5 cm³/mol. The Morgan fingerprint density at radius 2 is 2.28 bits per heavy atom. The minimum atomic E-state index is 0.600. The lowest BCUT2D eigenvalue weighted by Gasteiger charge is -2.07. The summed E-state index contributed by atoms with van der Waals surface area (Å²) in [6, 6.07) is 8.03. The molecule has 2 aromatic rings. The lowest BCUT2D eigenvalue weighted by molar-refractivity contribution is 0.316. The molecule has 0 aliphatic carbocycles. The first-order valence-electron chi connectivity index (χ1n) is 6.04. The molecule has 0 amide bonds. The molecular formula is C13H17N3OS. The van der Waals surface area contributed by atoms with Gasteiger partial charge in [-0.2, -0.15) is 5.10 Å². The van der Waals surface area contributed by atoms with Gasteiger partial charge in [0.25, 0.3) is 0 Å². The van der Waals surface area contributed by atoms with Gasteiger partial charge in [-0.15, -0.1) is 0 Å². The minimum Gasteiger partial charge on any atom is -0.493 e. The topological polar surface area (TPSA) is 42.8 Å². The van der Waals surface area contributed by atoms with Crippen LogP contribution in [0.5, 0.6) is 5.75 Å². The molecule has 0 atom stereocenters. The Labute approximate surface area is 112 Å². The standard InChI is InChI=1S/C13H17N3OS/c1-3-16-12(14-15-13(16)18)7-8-17-11-6-4-5-10(2)9-11/h4-6,9H,3,7-8H2,1-2H3,(H,15,18). The number of aryl methyl sites for hydroxylation is 1. The maximum Gasteiger partial charge on any atom is 0.195 e. The van der Waals surface area contributed by atoms with E-state index in [4.69, 9.17) is 17.0 Å². The molecule has 18 heavy (non-hydrogen) atoms. The fourth-order valence-corrected chi connectivity index (χ4v) is 2.11. The molecular weight excluding hydrogens is 246 g/mol. The van der Waals surface area contributed by atoms with Crippen LogP contribution in [0, 0.1) is 11.7 Å². The van der Waals surface area contributed by atoms with Crippen LogP contribution in [0.2, 0.25) is 0 Å². The molecule has 0 aliphatic heterocycles. The Morgan fingerprint density at radius 1 is 1.44 bits per heavy atom. The summed E-state index contributed by atoms with van der Waals surface area (Å²) in [5.74, 6) is 1.84. The number of aromatic amines is 1. The van der Waals surface area contributed by atoms with Crippen molar-refractivity contribution in [3.63, 3.8) is 0 Å². The van der Waals surface area contributed by atoms with Gasteiger partial charge in [-0.05, 0) is 43.8 Å². The van der Waals surface area contributed by atoms with Crippen LogP contribution in [0.4, 0.5) is 0 Å². The summed E-state index contributed by atoms with van der Waals surface area (Å²) in [5.41, 5.74) is 1.20. The number of nitrogens with zero attached hydrogens (tertiary/aromatic N) is 2. The van der Waals surface area contributed by atoms with E-state index >= 15 is 0 Å². The zero-order valence-corrected chi connectivity index (χ0v) is 11.5.